The minimum absolute atomic E-state index is 0.203. The van der Waals surface area contributed by atoms with Gasteiger partial charge in [0.1, 0.15) is 22.6 Å². The molecule has 0 atom stereocenters. The Morgan fingerprint density at radius 3 is 2.30 bits per heavy atom. The van der Waals surface area contributed by atoms with Crippen molar-refractivity contribution in [1.82, 2.24) is 0 Å². The van der Waals surface area contributed by atoms with Crippen LogP contribution >= 0.6 is 34.8 Å². The molecular formula is C21H24Cl3NO2. The molecule has 146 valence electrons. The monoisotopic (exact) mass is 427 g/mol. The van der Waals surface area contributed by atoms with Gasteiger partial charge in [-0.05, 0) is 80.3 Å². The minimum Gasteiger partial charge on any atom is -0.493 e. The van der Waals surface area contributed by atoms with E-state index in [2.05, 4.69) is 5.32 Å². The number of halogens is 3. The molecule has 0 spiro atoms. The van der Waals surface area contributed by atoms with Gasteiger partial charge in [0.05, 0.1) is 6.61 Å². The Morgan fingerprint density at radius 1 is 1.00 bits per heavy atom. The molecule has 6 heteroatoms. The maximum absolute atomic E-state index is 5.98. The number of ether oxygens (including phenoxy) is 2. The zero-order valence-electron chi connectivity index (χ0n) is 15.5. The molecule has 1 N–H and O–H groups in total. The predicted molar refractivity (Wildman–Crippen MR) is 116 cm³/mol. The van der Waals surface area contributed by atoms with E-state index in [0.29, 0.717) is 13.2 Å². The molecule has 0 amide bonds. The van der Waals surface area contributed by atoms with Crippen molar-refractivity contribution >= 4 is 40.5 Å². The maximum Gasteiger partial charge on any atom is 0.125 e. The van der Waals surface area contributed by atoms with E-state index < -0.39 is 0 Å². The van der Waals surface area contributed by atoms with E-state index in [-0.39, 0.29) is 4.49 Å². The predicted octanol–water partition coefficient (Wildman–Crippen LogP) is 6.93. The number of anilines is 1. The fourth-order valence-corrected chi connectivity index (χ4v) is 2.88. The van der Waals surface area contributed by atoms with Crippen LogP contribution in [0.15, 0.2) is 47.0 Å². The van der Waals surface area contributed by atoms with Gasteiger partial charge in [0, 0.05) is 17.3 Å². The zero-order chi connectivity index (χ0) is 19.6. The highest BCUT2D eigenvalue weighted by Gasteiger charge is 2.07. The maximum atomic E-state index is 5.98. The molecule has 0 aliphatic rings. The zero-order valence-corrected chi connectivity index (χ0v) is 17.8. The van der Waals surface area contributed by atoms with Gasteiger partial charge in [0.15, 0.2) is 0 Å². The van der Waals surface area contributed by atoms with Gasteiger partial charge in [-0.1, -0.05) is 34.8 Å². The van der Waals surface area contributed by atoms with Crippen molar-refractivity contribution in [3.63, 3.8) is 0 Å². The molecule has 0 unspecified atom stereocenters. The van der Waals surface area contributed by atoms with E-state index >= 15 is 0 Å². The lowest BCUT2D eigenvalue weighted by Gasteiger charge is -2.14. The second-order valence-corrected chi connectivity index (χ2v) is 7.62. The molecule has 0 aromatic heterocycles. The summed E-state index contributed by atoms with van der Waals surface area (Å²) in [5.74, 6) is 1.69. The van der Waals surface area contributed by atoms with Crippen LogP contribution in [0.1, 0.15) is 24.0 Å². The van der Waals surface area contributed by atoms with E-state index in [1.807, 2.05) is 50.2 Å². The summed E-state index contributed by atoms with van der Waals surface area (Å²) in [5.41, 5.74) is 3.17. The molecule has 27 heavy (non-hydrogen) atoms. The number of unbranched alkanes of at least 4 members (excludes halogenated alkanes) is 1. The summed E-state index contributed by atoms with van der Waals surface area (Å²) in [5, 5.41) is 4.12. The van der Waals surface area contributed by atoms with Crippen molar-refractivity contribution in [3.05, 3.63) is 63.1 Å². The number of benzene rings is 2. The lowest BCUT2D eigenvalue weighted by Crippen LogP contribution is -2.06. The lowest BCUT2D eigenvalue weighted by molar-refractivity contribution is 0.303. The van der Waals surface area contributed by atoms with E-state index in [9.17, 15) is 0 Å². The fourth-order valence-electron chi connectivity index (χ4n) is 2.62. The molecule has 0 aliphatic carbocycles. The SMILES string of the molecule is Cc1cc(OCC=C(Cl)Cl)cc(C)c1OCCCCNc1ccc(Cl)cc1. The smallest absolute Gasteiger partial charge is 0.125 e. The average Bonchev–Trinajstić information content (AvgIpc) is 2.61. The van der Waals surface area contributed by atoms with Crippen LogP contribution in [-0.2, 0) is 0 Å². The summed E-state index contributed by atoms with van der Waals surface area (Å²) in [6.45, 7) is 5.94. The van der Waals surface area contributed by atoms with Crippen LogP contribution in [0.2, 0.25) is 5.02 Å². The summed E-state index contributed by atoms with van der Waals surface area (Å²) in [4.78, 5) is 0. The van der Waals surface area contributed by atoms with Crippen LogP contribution in [0.4, 0.5) is 5.69 Å². The Bertz CT molecular complexity index is 734. The van der Waals surface area contributed by atoms with Gasteiger partial charge in [-0.15, -0.1) is 0 Å². The number of hydrogen-bond donors (Lipinski definition) is 1. The van der Waals surface area contributed by atoms with Crippen LogP contribution in [0.5, 0.6) is 11.5 Å². The normalized spacial score (nSPS) is 10.4. The summed E-state index contributed by atoms with van der Waals surface area (Å²) in [7, 11) is 0. The van der Waals surface area contributed by atoms with Crippen LogP contribution in [-0.4, -0.2) is 19.8 Å². The third kappa shape index (κ3) is 7.92. The molecule has 2 aromatic carbocycles. The van der Waals surface area contributed by atoms with E-state index in [4.69, 9.17) is 44.3 Å². The molecule has 0 fully saturated rings. The van der Waals surface area contributed by atoms with Crippen molar-refractivity contribution in [2.45, 2.75) is 26.7 Å². The van der Waals surface area contributed by atoms with Crippen molar-refractivity contribution in [2.24, 2.45) is 0 Å². The van der Waals surface area contributed by atoms with E-state index in [1.165, 1.54) is 0 Å². The van der Waals surface area contributed by atoms with Crippen molar-refractivity contribution in [3.8, 4) is 11.5 Å². The van der Waals surface area contributed by atoms with Gasteiger partial charge < -0.3 is 14.8 Å². The molecule has 0 aliphatic heterocycles. The Kier molecular flexibility index (Phi) is 9.12. The summed E-state index contributed by atoms with van der Waals surface area (Å²) >= 11 is 17.0. The highest BCUT2D eigenvalue weighted by molar-refractivity contribution is 6.55. The molecule has 0 saturated carbocycles. The van der Waals surface area contributed by atoms with Gasteiger partial charge in [-0.2, -0.15) is 0 Å². The largest absolute Gasteiger partial charge is 0.493 e. The van der Waals surface area contributed by atoms with Gasteiger partial charge >= 0.3 is 0 Å². The third-order valence-corrected chi connectivity index (χ3v) is 4.47. The second kappa shape index (κ2) is 11.3. The Labute approximate surface area is 176 Å². The minimum atomic E-state index is 0.203. The highest BCUT2D eigenvalue weighted by atomic mass is 35.5. The topological polar surface area (TPSA) is 30.5 Å². The molecule has 0 heterocycles. The highest BCUT2D eigenvalue weighted by Crippen LogP contribution is 2.28. The van der Waals surface area contributed by atoms with E-state index in [0.717, 1.165) is 52.7 Å². The number of aryl methyl sites for hydroxylation is 2. The van der Waals surface area contributed by atoms with Crippen molar-refractivity contribution in [2.75, 3.05) is 25.1 Å². The quantitative estimate of drug-likeness (QED) is 0.416. The van der Waals surface area contributed by atoms with Crippen LogP contribution in [0.25, 0.3) is 0 Å². The molecule has 0 bridgehead atoms. The molecule has 0 saturated heterocycles. The number of hydrogen-bond acceptors (Lipinski definition) is 3. The van der Waals surface area contributed by atoms with Crippen LogP contribution in [0, 0.1) is 13.8 Å². The average molecular weight is 429 g/mol. The summed E-state index contributed by atoms with van der Waals surface area (Å²) in [6.07, 6.45) is 3.60. The van der Waals surface area contributed by atoms with Crippen LogP contribution < -0.4 is 14.8 Å². The number of nitrogens with one attached hydrogen (secondary N) is 1. The van der Waals surface area contributed by atoms with Crippen LogP contribution in [0.3, 0.4) is 0 Å². The van der Waals surface area contributed by atoms with Gasteiger partial charge in [-0.25, -0.2) is 0 Å². The summed E-state index contributed by atoms with van der Waals surface area (Å²) < 4.78 is 11.8. The first-order valence-corrected chi connectivity index (χ1v) is 9.96. The first-order chi connectivity index (χ1) is 13.0. The van der Waals surface area contributed by atoms with Gasteiger partial charge in [0.2, 0.25) is 0 Å². The molecule has 3 nitrogen and oxygen atoms in total. The van der Waals surface area contributed by atoms with E-state index in [1.54, 1.807) is 6.08 Å². The van der Waals surface area contributed by atoms with Crippen molar-refractivity contribution in [1.29, 1.82) is 0 Å². The second-order valence-electron chi connectivity index (χ2n) is 6.18. The van der Waals surface area contributed by atoms with Gasteiger partial charge in [0.25, 0.3) is 0 Å². The summed E-state index contributed by atoms with van der Waals surface area (Å²) in [6, 6.07) is 11.6. The first-order valence-electron chi connectivity index (χ1n) is 8.83. The van der Waals surface area contributed by atoms with Crippen molar-refractivity contribution < 1.29 is 9.47 Å². The Balaban J connectivity index is 1.73. The molecule has 2 aromatic rings. The standard InChI is InChI=1S/C21H24Cl3NO2/c1-15-13-19(26-12-9-20(23)24)14-16(2)21(15)27-11-4-3-10-25-18-7-5-17(22)6-8-18/h5-9,13-14,25H,3-4,10-12H2,1-2H3. The van der Waals surface area contributed by atoms with Gasteiger partial charge in [-0.3, -0.25) is 0 Å². The molecule has 0 radical (unpaired) electrons. The third-order valence-electron chi connectivity index (χ3n) is 3.91. The fraction of sp³-hybridized carbons (Fsp3) is 0.333. The Hall–Kier alpha value is -1.55. The molecule has 2 rings (SSSR count). The Morgan fingerprint density at radius 2 is 1.67 bits per heavy atom. The number of rotatable bonds is 10. The first kappa shape index (κ1) is 21.7. The lowest BCUT2D eigenvalue weighted by atomic mass is 10.1. The molecular weight excluding hydrogens is 405 g/mol.